The summed E-state index contributed by atoms with van der Waals surface area (Å²) >= 11 is 2.49. The van der Waals surface area contributed by atoms with E-state index in [1.54, 1.807) is 24.3 Å². The first-order valence-corrected chi connectivity index (χ1v) is 12.6. The van der Waals surface area contributed by atoms with Crippen molar-refractivity contribution in [1.29, 1.82) is 0 Å². The van der Waals surface area contributed by atoms with Gasteiger partial charge in [0.2, 0.25) is 0 Å². The summed E-state index contributed by atoms with van der Waals surface area (Å²) in [4.78, 5) is 44.7. The van der Waals surface area contributed by atoms with Gasteiger partial charge in [0.15, 0.2) is 5.13 Å². The Kier molecular flexibility index (Phi) is 5.17. The number of hydrogen-bond acceptors (Lipinski definition) is 7. The van der Waals surface area contributed by atoms with E-state index in [0.29, 0.717) is 20.7 Å². The van der Waals surface area contributed by atoms with Gasteiger partial charge in [0.05, 0.1) is 21.4 Å². The molecule has 1 aliphatic heterocycles. The number of nitrogens with zero attached hydrogens (tertiary/aromatic N) is 2. The molecule has 176 valence electrons. The van der Waals surface area contributed by atoms with Gasteiger partial charge in [-0.2, -0.15) is 0 Å². The second-order valence-corrected chi connectivity index (χ2v) is 10.2. The normalized spacial score (nSPS) is 17.3. The number of aliphatic hydroxyl groups excluding tert-OH is 1. The van der Waals surface area contributed by atoms with Crippen molar-refractivity contribution in [3.8, 4) is 0 Å². The summed E-state index contributed by atoms with van der Waals surface area (Å²) in [5, 5.41) is 24.6. The lowest BCUT2D eigenvalue weighted by Crippen LogP contribution is -2.28. The molecule has 0 spiro atoms. The molecule has 0 radical (unpaired) electrons. The molecule has 3 aromatic carbocycles. The van der Waals surface area contributed by atoms with Crippen LogP contribution < -0.4 is 4.90 Å². The Labute approximate surface area is 212 Å². The number of carbonyl (C=O) groups is 3. The van der Waals surface area contributed by atoms with Gasteiger partial charge in [-0.3, -0.25) is 14.5 Å². The highest BCUT2D eigenvalue weighted by atomic mass is 32.1. The van der Waals surface area contributed by atoms with Gasteiger partial charge in [-0.1, -0.05) is 59.9 Å². The van der Waals surface area contributed by atoms with E-state index in [1.165, 1.54) is 28.4 Å². The average molecular weight is 513 g/mol. The van der Waals surface area contributed by atoms with Crippen LogP contribution in [-0.4, -0.2) is 32.9 Å². The molecule has 2 N–H and O–H groups in total. The van der Waals surface area contributed by atoms with E-state index in [9.17, 15) is 24.6 Å². The Hall–Kier alpha value is -4.34. The molecule has 3 heterocycles. The van der Waals surface area contributed by atoms with Crippen molar-refractivity contribution in [3.63, 3.8) is 0 Å². The van der Waals surface area contributed by atoms with Gasteiger partial charge in [0.25, 0.3) is 5.78 Å². The molecule has 0 bridgehead atoms. The molecule has 1 aliphatic rings. The minimum absolute atomic E-state index is 0.00992. The van der Waals surface area contributed by atoms with Gasteiger partial charge in [-0.05, 0) is 40.4 Å². The predicted octanol–water partition coefficient (Wildman–Crippen LogP) is 5.84. The van der Waals surface area contributed by atoms with Crippen LogP contribution in [0.3, 0.4) is 0 Å². The van der Waals surface area contributed by atoms with Crippen molar-refractivity contribution < 1.29 is 24.6 Å². The number of amides is 1. The predicted molar refractivity (Wildman–Crippen MR) is 140 cm³/mol. The minimum atomic E-state index is -1.07. The molecule has 0 saturated carbocycles. The first kappa shape index (κ1) is 22.1. The molecular formula is C27H16N2O5S2. The number of benzene rings is 3. The summed E-state index contributed by atoms with van der Waals surface area (Å²) < 4.78 is 0.575. The molecule has 36 heavy (non-hydrogen) atoms. The number of Topliss-reactive ketones (excluding diaryl/α,β-unsaturated/α-hetero) is 1. The van der Waals surface area contributed by atoms with Gasteiger partial charge < -0.3 is 10.2 Å². The van der Waals surface area contributed by atoms with Crippen LogP contribution in [0.1, 0.15) is 26.8 Å². The standard InChI is InChI=1S/C27H16N2O5S2/c30-23(17-8-3-6-14-5-1-2-7-16(14)17)21-22(19-9-4-12-35-19)29(25(32)24(21)31)27-28-18-11-10-15(26(33)34)13-20(18)36-27/h1-13,22,30H,(H,33,34)/b23-21+. The number of hydrogen-bond donors (Lipinski definition) is 2. The van der Waals surface area contributed by atoms with Crippen LogP contribution in [0.2, 0.25) is 0 Å². The first-order chi connectivity index (χ1) is 17.4. The topological polar surface area (TPSA) is 108 Å². The Bertz CT molecular complexity index is 1730. The second-order valence-electron chi connectivity index (χ2n) is 8.20. The first-order valence-electron chi connectivity index (χ1n) is 10.9. The summed E-state index contributed by atoms with van der Waals surface area (Å²) in [5.41, 5.74) is 1.07. The maximum absolute atomic E-state index is 13.4. The number of aromatic carboxylic acids is 1. The fourth-order valence-corrected chi connectivity index (χ4v) is 6.33. The zero-order valence-corrected chi connectivity index (χ0v) is 20.0. The molecule has 1 saturated heterocycles. The SMILES string of the molecule is O=C1C(=O)N(c2nc3ccc(C(=O)O)cc3s2)C(c2cccs2)/C1=C(\O)c1cccc2ccccc12. The van der Waals surface area contributed by atoms with Crippen molar-refractivity contribution in [1.82, 2.24) is 4.98 Å². The number of rotatable bonds is 4. The number of carbonyl (C=O) groups excluding carboxylic acids is 2. The minimum Gasteiger partial charge on any atom is -0.507 e. The molecule has 1 fully saturated rings. The maximum Gasteiger partial charge on any atom is 0.335 e. The van der Waals surface area contributed by atoms with E-state index in [-0.39, 0.29) is 22.0 Å². The molecule has 7 nitrogen and oxygen atoms in total. The van der Waals surface area contributed by atoms with Crippen LogP contribution in [-0.2, 0) is 9.59 Å². The molecule has 5 aromatic rings. The Balaban J connectivity index is 1.56. The lowest BCUT2D eigenvalue weighted by atomic mass is 9.96. The third-order valence-corrected chi connectivity index (χ3v) is 8.07. The number of aromatic nitrogens is 1. The van der Waals surface area contributed by atoms with E-state index in [0.717, 1.165) is 22.1 Å². The fourth-order valence-electron chi connectivity index (χ4n) is 4.47. The maximum atomic E-state index is 13.4. The molecule has 9 heteroatoms. The smallest absolute Gasteiger partial charge is 0.335 e. The van der Waals surface area contributed by atoms with E-state index < -0.39 is 23.7 Å². The fraction of sp³-hybridized carbons (Fsp3) is 0.0370. The highest BCUT2D eigenvalue weighted by molar-refractivity contribution is 7.22. The van der Waals surface area contributed by atoms with Crippen LogP contribution in [0.4, 0.5) is 5.13 Å². The van der Waals surface area contributed by atoms with Crippen LogP contribution in [0, 0.1) is 0 Å². The second kappa shape index (κ2) is 8.40. The highest BCUT2D eigenvalue weighted by Crippen LogP contribution is 2.46. The monoisotopic (exact) mass is 512 g/mol. The van der Waals surface area contributed by atoms with E-state index in [1.807, 2.05) is 41.8 Å². The summed E-state index contributed by atoms with van der Waals surface area (Å²) in [7, 11) is 0. The Morgan fingerprint density at radius 1 is 0.944 bits per heavy atom. The van der Waals surface area contributed by atoms with Gasteiger partial charge in [0.1, 0.15) is 11.8 Å². The number of thiazole rings is 1. The number of ketones is 1. The summed E-state index contributed by atoms with van der Waals surface area (Å²) in [6.45, 7) is 0. The number of thiophene rings is 1. The number of anilines is 1. The molecule has 2 aromatic heterocycles. The third-order valence-electron chi connectivity index (χ3n) is 6.13. The molecule has 1 amide bonds. The number of aliphatic hydroxyl groups is 1. The van der Waals surface area contributed by atoms with Gasteiger partial charge >= 0.3 is 11.9 Å². The van der Waals surface area contributed by atoms with Gasteiger partial charge in [-0.15, -0.1) is 11.3 Å². The highest BCUT2D eigenvalue weighted by Gasteiger charge is 2.48. The quantitative estimate of drug-likeness (QED) is 0.178. The summed E-state index contributed by atoms with van der Waals surface area (Å²) in [6, 6.07) is 20.2. The summed E-state index contributed by atoms with van der Waals surface area (Å²) in [5.74, 6) is -2.92. The van der Waals surface area contributed by atoms with E-state index >= 15 is 0 Å². The number of carboxylic acid groups (broad SMARTS) is 1. The van der Waals surface area contributed by atoms with Crippen molar-refractivity contribution in [2.24, 2.45) is 0 Å². The van der Waals surface area contributed by atoms with Crippen molar-refractivity contribution >= 4 is 72.2 Å². The van der Waals surface area contributed by atoms with Crippen LogP contribution in [0.15, 0.2) is 83.7 Å². The number of carboxylic acids is 1. The zero-order chi connectivity index (χ0) is 25.0. The van der Waals surface area contributed by atoms with Crippen LogP contribution in [0.25, 0.3) is 26.7 Å². The number of fused-ring (bicyclic) bond motifs is 2. The van der Waals surface area contributed by atoms with E-state index in [2.05, 4.69) is 4.98 Å². The molecule has 6 rings (SSSR count). The molecule has 1 atom stereocenters. The molecule has 0 aliphatic carbocycles. The summed E-state index contributed by atoms with van der Waals surface area (Å²) in [6.07, 6.45) is 0. The van der Waals surface area contributed by atoms with E-state index in [4.69, 9.17) is 0 Å². The van der Waals surface area contributed by atoms with Crippen molar-refractivity contribution in [3.05, 3.63) is 99.8 Å². The average Bonchev–Trinajstić information content (AvgIpc) is 3.61. The van der Waals surface area contributed by atoms with Gasteiger partial charge in [-0.25, -0.2) is 9.78 Å². The van der Waals surface area contributed by atoms with Crippen molar-refractivity contribution in [2.75, 3.05) is 4.90 Å². The Morgan fingerprint density at radius 3 is 2.53 bits per heavy atom. The van der Waals surface area contributed by atoms with Crippen molar-refractivity contribution in [2.45, 2.75) is 6.04 Å². The van der Waals surface area contributed by atoms with Gasteiger partial charge in [0, 0.05) is 10.4 Å². The lowest BCUT2D eigenvalue weighted by Gasteiger charge is -2.21. The molecule has 1 unspecified atom stereocenters. The zero-order valence-electron chi connectivity index (χ0n) is 18.4. The van der Waals surface area contributed by atoms with Crippen LogP contribution in [0.5, 0.6) is 0 Å². The largest absolute Gasteiger partial charge is 0.507 e. The Morgan fingerprint density at radius 2 is 1.75 bits per heavy atom. The molecular weight excluding hydrogens is 496 g/mol. The lowest BCUT2D eigenvalue weighted by molar-refractivity contribution is -0.132. The third kappa shape index (κ3) is 3.40. The van der Waals surface area contributed by atoms with Crippen LogP contribution >= 0.6 is 22.7 Å².